The lowest BCUT2D eigenvalue weighted by atomic mass is 10.1. The number of aromatic nitrogens is 6. The van der Waals surface area contributed by atoms with E-state index in [2.05, 4.69) is 25.9 Å². The highest BCUT2D eigenvalue weighted by Crippen LogP contribution is 2.20. The molecule has 1 amide bonds. The van der Waals surface area contributed by atoms with Gasteiger partial charge in [-0.3, -0.25) is 9.48 Å². The van der Waals surface area contributed by atoms with Gasteiger partial charge in [-0.25, -0.2) is 4.68 Å². The molecule has 0 aliphatic heterocycles. The van der Waals surface area contributed by atoms with E-state index >= 15 is 0 Å². The van der Waals surface area contributed by atoms with Crippen LogP contribution in [0.5, 0.6) is 0 Å². The molecular weight excluding hydrogens is 366 g/mol. The van der Waals surface area contributed by atoms with Crippen molar-refractivity contribution in [2.45, 2.75) is 26.4 Å². The smallest absolute Gasteiger partial charge is 0.256 e. The first-order valence-electron chi connectivity index (χ1n) is 9.37. The third-order valence-electron chi connectivity index (χ3n) is 4.43. The normalized spacial score (nSPS) is 11.0. The molecule has 0 saturated heterocycles. The van der Waals surface area contributed by atoms with E-state index in [4.69, 9.17) is 0 Å². The van der Waals surface area contributed by atoms with Crippen molar-refractivity contribution in [3.63, 3.8) is 0 Å². The third kappa shape index (κ3) is 4.21. The van der Waals surface area contributed by atoms with Crippen LogP contribution in [0.2, 0.25) is 0 Å². The van der Waals surface area contributed by atoms with E-state index in [-0.39, 0.29) is 11.9 Å². The Hall–Kier alpha value is -3.81. The molecule has 0 aliphatic rings. The van der Waals surface area contributed by atoms with Gasteiger partial charge in [0.15, 0.2) is 11.6 Å². The van der Waals surface area contributed by atoms with Crippen molar-refractivity contribution in [1.29, 1.82) is 0 Å². The Bertz CT molecular complexity index is 1110. The van der Waals surface area contributed by atoms with E-state index in [1.54, 1.807) is 27.6 Å². The third-order valence-corrected chi connectivity index (χ3v) is 4.43. The maximum atomic E-state index is 12.7. The lowest BCUT2D eigenvalue weighted by Crippen LogP contribution is -2.13. The van der Waals surface area contributed by atoms with E-state index in [0.29, 0.717) is 23.8 Å². The molecule has 0 spiro atoms. The van der Waals surface area contributed by atoms with Gasteiger partial charge in [0.2, 0.25) is 0 Å². The number of tetrazole rings is 1. The van der Waals surface area contributed by atoms with Crippen molar-refractivity contribution in [3.05, 3.63) is 78.0 Å². The molecule has 0 saturated carbocycles. The van der Waals surface area contributed by atoms with Crippen LogP contribution in [0, 0.1) is 0 Å². The fourth-order valence-corrected chi connectivity index (χ4v) is 3.01. The van der Waals surface area contributed by atoms with Crippen molar-refractivity contribution in [3.8, 4) is 11.4 Å². The Kier molecular flexibility index (Phi) is 5.15. The summed E-state index contributed by atoms with van der Waals surface area (Å²) in [5.74, 6) is 0.894. The van der Waals surface area contributed by atoms with Crippen LogP contribution in [0.25, 0.3) is 11.4 Å². The molecule has 2 aromatic heterocycles. The van der Waals surface area contributed by atoms with Crippen LogP contribution in [0.4, 0.5) is 5.82 Å². The van der Waals surface area contributed by atoms with E-state index in [0.717, 1.165) is 11.1 Å². The minimum absolute atomic E-state index is 0.117. The molecule has 1 N–H and O–H groups in total. The molecule has 0 radical (unpaired) electrons. The number of anilines is 1. The van der Waals surface area contributed by atoms with Crippen LogP contribution in [0.3, 0.4) is 0 Å². The van der Waals surface area contributed by atoms with Gasteiger partial charge in [-0.2, -0.15) is 5.10 Å². The first kappa shape index (κ1) is 18.5. The highest BCUT2D eigenvalue weighted by Gasteiger charge is 2.14. The molecule has 8 nitrogen and oxygen atoms in total. The first-order valence-corrected chi connectivity index (χ1v) is 9.37. The molecule has 146 valence electrons. The molecule has 0 aliphatic carbocycles. The first-order chi connectivity index (χ1) is 14.1. The number of rotatable bonds is 6. The summed E-state index contributed by atoms with van der Waals surface area (Å²) in [6.07, 6.45) is 1.84. The molecular formula is C21H21N7O. The van der Waals surface area contributed by atoms with Crippen molar-refractivity contribution in [2.75, 3.05) is 5.32 Å². The van der Waals surface area contributed by atoms with Crippen LogP contribution in [-0.4, -0.2) is 35.9 Å². The Labute approximate surface area is 168 Å². The zero-order chi connectivity index (χ0) is 20.2. The Balaban J connectivity index is 1.49. The number of amides is 1. The van der Waals surface area contributed by atoms with Gasteiger partial charge < -0.3 is 5.32 Å². The average molecular weight is 387 g/mol. The minimum atomic E-state index is -0.236. The Morgan fingerprint density at radius 2 is 1.90 bits per heavy atom. The molecule has 4 rings (SSSR count). The fourth-order valence-electron chi connectivity index (χ4n) is 3.01. The van der Waals surface area contributed by atoms with Crippen LogP contribution in [-0.2, 0) is 6.54 Å². The lowest BCUT2D eigenvalue weighted by molar-refractivity contribution is 0.102. The summed E-state index contributed by atoms with van der Waals surface area (Å²) < 4.78 is 3.51. The molecule has 2 aromatic carbocycles. The van der Waals surface area contributed by atoms with Crippen LogP contribution >= 0.6 is 0 Å². The summed E-state index contributed by atoms with van der Waals surface area (Å²) in [6, 6.07) is 19.2. The highest BCUT2D eigenvalue weighted by atomic mass is 16.1. The fraction of sp³-hybridized carbons (Fsp3) is 0.190. The van der Waals surface area contributed by atoms with E-state index < -0.39 is 0 Å². The topological polar surface area (TPSA) is 90.5 Å². The number of benzene rings is 2. The number of nitrogens with zero attached hydrogens (tertiary/aromatic N) is 6. The molecule has 0 fully saturated rings. The standard InChI is InChI=1S/C21H21N7O/c1-15(2)28-20(23-25-26-28)17-9-6-10-18(13-17)21(29)22-19-11-12-27(24-19)14-16-7-4-3-5-8-16/h3-13,15H,14H2,1-2H3,(H,22,24,29). The van der Waals surface area contributed by atoms with Gasteiger partial charge in [-0.15, -0.1) is 5.10 Å². The predicted octanol–water partition coefficient (Wildman–Crippen LogP) is 3.42. The quantitative estimate of drug-likeness (QED) is 0.547. The SMILES string of the molecule is CC(C)n1nnnc1-c1cccc(C(=O)Nc2ccn(Cc3ccccc3)n2)c1. The Morgan fingerprint density at radius 3 is 2.69 bits per heavy atom. The van der Waals surface area contributed by atoms with Crippen LogP contribution in [0.1, 0.15) is 35.8 Å². The average Bonchev–Trinajstić information content (AvgIpc) is 3.39. The minimum Gasteiger partial charge on any atom is -0.305 e. The molecule has 29 heavy (non-hydrogen) atoms. The van der Waals surface area contributed by atoms with E-state index in [1.165, 1.54) is 0 Å². The van der Waals surface area contributed by atoms with Crippen LogP contribution < -0.4 is 5.32 Å². The maximum Gasteiger partial charge on any atom is 0.256 e. The molecule has 2 heterocycles. The van der Waals surface area contributed by atoms with E-state index in [1.807, 2.05) is 62.5 Å². The van der Waals surface area contributed by atoms with Gasteiger partial charge in [0, 0.05) is 23.4 Å². The number of nitrogens with one attached hydrogen (secondary N) is 1. The number of carbonyl (C=O) groups excluding carboxylic acids is 1. The van der Waals surface area contributed by atoms with Gasteiger partial charge in [-0.05, 0) is 42.0 Å². The molecule has 0 bridgehead atoms. The van der Waals surface area contributed by atoms with Gasteiger partial charge >= 0.3 is 0 Å². The zero-order valence-electron chi connectivity index (χ0n) is 16.2. The summed E-state index contributed by atoms with van der Waals surface area (Å²) in [6.45, 7) is 4.65. The molecule has 0 unspecified atom stereocenters. The van der Waals surface area contributed by atoms with Crippen molar-refractivity contribution >= 4 is 11.7 Å². The zero-order valence-corrected chi connectivity index (χ0v) is 16.2. The molecule has 0 atom stereocenters. The van der Waals surface area contributed by atoms with Gasteiger partial charge in [0.05, 0.1) is 12.6 Å². The molecule has 4 aromatic rings. The second kappa shape index (κ2) is 8.05. The number of hydrogen-bond acceptors (Lipinski definition) is 5. The highest BCUT2D eigenvalue weighted by molar-refractivity contribution is 6.04. The number of hydrogen-bond donors (Lipinski definition) is 1. The van der Waals surface area contributed by atoms with Crippen molar-refractivity contribution in [2.24, 2.45) is 0 Å². The largest absolute Gasteiger partial charge is 0.305 e. The second-order valence-corrected chi connectivity index (χ2v) is 6.96. The van der Waals surface area contributed by atoms with Gasteiger partial charge in [0.25, 0.3) is 5.91 Å². The summed E-state index contributed by atoms with van der Waals surface area (Å²) in [7, 11) is 0. The monoisotopic (exact) mass is 387 g/mol. The van der Waals surface area contributed by atoms with Crippen LogP contribution in [0.15, 0.2) is 66.9 Å². The maximum absolute atomic E-state index is 12.7. The number of carbonyl (C=O) groups is 1. The Morgan fingerprint density at radius 1 is 1.07 bits per heavy atom. The predicted molar refractivity (Wildman–Crippen MR) is 109 cm³/mol. The summed E-state index contributed by atoms with van der Waals surface area (Å²) in [5, 5.41) is 19.1. The summed E-state index contributed by atoms with van der Waals surface area (Å²) >= 11 is 0. The second-order valence-electron chi connectivity index (χ2n) is 6.96. The van der Waals surface area contributed by atoms with Gasteiger partial charge in [0.1, 0.15) is 0 Å². The summed E-state index contributed by atoms with van der Waals surface area (Å²) in [4.78, 5) is 12.7. The van der Waals surface area contributed by atoms with E-state index in [9.17, 15) is 4.79 Å². The lowest BCUT2D eigenvalue weighted by Gasteiger charge is -2.09. The van der Waals surface area contributed by atoms with Gasteiger partial charge in [-0.1, -0.05) is 42.5 Å². The van der Waals surface area contributed by atoms with Crippen molar-refractivity contribution < 1.29 is 4.79 Å². The summed E-state index contributed by atoms with van der Waals surface area (Å²) in [5.41, 5.74) is 2.44. The van der Waals surface area contributed by atoms with Crippen molar-refractivity contribution in [1.82, 2.24) is 30.0 Å². The molecule has 8 heteroatoms.